The third kappa shape index (κ3) is 3.60. The summed E-state index contributed by atoms with van der Waals surface area (Å²) in [6.45, 7) is 0. The molecule has 4 aromatic rings. The van der Waals surface area contributed by atoms with E-state index in [0.29, 0.717) is 0 Å². The van der Waals surface area contributed by atoms with Crippen molar-refractivity contribution in [3.8, 4) is 5.69 Å². The smallest absolute Gasteiger partial charge is 0.417 e. The number of alkyl halides is 3. The lowest BCUT2D eigenvalue weighted by atomic mass is 9.99. The van der Waals surface area contributed by atoms with Crippen LogP contribution in [0, 0.1) is 5.82 Å². The number of hydrogen-bond donors (Lipinski definition) is 1. The molecule has 0 aliphatic carbocycles. The molecule has 3 aromatic carbocycles. The normalized spacial score (nSPS) is 11.7. The zero-order chi connectivity index (χ0) is 23.2. The Kier molecular flexibility index (Phi) is 5.21. The molecule has 4 rings (SSSR count). The van der Waals surface area contributed by atoms with Crippen LogP contribution in [0.3, 0.4) is 0 Å². The minimum atomic E-state index is -4.84. The fourth-order valence-electron chi connectivity index (χ4n) is 3.34. The number of benzene rings is 3. The van der Waals surface area contributed by atoms with Gasteiger partial charge in [-0.05, 0) is 36.4 Å². The number of carbonyl (C=O) groups excluding carboxylic acids is 1. The molecule has 0 aliphatic rings. The number of carboxylic acids is 1. The highest BCUT2D eigenvalue weighted by atomic mass is 35.5. The van der Waals surface area contributed by atoms with E-state index in [9.17, 15) is 27.2 Å². The summed E-state index contributed by atoms with van der Waals surface area (Å²) in [5.74, 6) is -3.36. The van der Waals surface area contributed by atoms with Crippen molar-refractivity contribution in [3.05, 3.63) is 93.9 Å². The van der Waals surface area contributed by atoms with E-state index in [0.717, 1.165) is 41.1 Å². The third-order valence-corrected chi connectivity index (χ3v) is 5.09. The van der Waals surface area contributed by atoms with Gasteiger partial charge >= 0.3 is 12.1 Å². The maximum atomic E-state index is 14.7. The largest absolute Gasteiger partial charge is 0.478 e. The molecule has 10 heteroatoms. The second-order valence-electron chi connectivity index (χ2n) is 6.74. The van der Waals surface area contributed by atoms with Gasteiger partial charge in [0.2, 0.25) is 5.78 Å². The minimum absolute atomic E-state index is 0.173. The van der Waals surface area contributed by atoms with Crippen LogP contribution in [-0.2, 0) is 6.18 Å². The van der Waals surface area contributed by atoms with Crippen LogP contribution in [0.1, 0.15) is 32.0 Å². The summed E-state index contributed by atoms with van der Waals surface area (Å²) in [5.41, 5.74) is -2.59. The topological polar surface area (TPSA) is 72.2 Å². The Bertz CT molecular complexity index is 1400. The first-order valence-corrected chi connectivity index (χ1v) is 9.38. The zero-order valence-electron chi connectivity index (χ0n) is 15.8. The molecule has 32 heavy (non-hydrogen) atoms. The van der Waals surface area contributed by atoms with E-state index >= 15 is 0 Å². The summed E-state index contributed by atoms with van der Waals surface area (Å²) in [7, 11) is 0. The van der Waals surface area contributed by atoms with Gasteiger partial charge in [0, 0.05) is 5.39 Å². The molecule has 162 valence electrons. The van der Waals surface area contributed by atoms with Crippen molar-refractivity contribution in [2.45, 2.75) is 6.18 Å². The molecule has 1 aromatic heterocycles. The maximum absolute atomic E-state index is 14.7. The number of halogens is 5. The van der Waals surface area contributed by atoms with Crippen molar-refractivity contribution >= 4 is 34.3 Å². The van der Waals surface area contributed by atoms with Crippen LogP contribution in [0.15, 0.2) is 60.7 Å². The third-order valence-electron chi connectivity index (χ3n) is 4.77. The average molecular weight is 463 g/mol. The highest BCUT2D eigenvalue weighted by molar-refractivity contribution is 6.35. The second kappa shape index (κ2) is 7.76. The van der Waals surface area contributed by atoms with Gasteiger partial charge in [0.05, 0.1) is 27.2 Å². The molecule has 1 heterocycles. The quantitative estimate of drug-likeness (QED) is 0.309. The number of nitrogens with zero attached hydrogens (tertiary/aromatic N) is 2. The molecule has 0 saturated carbocycles. The van der Waals surface area contributed by atoms with Gasteiger partial charge in [-0.15, -0.1) is 0 Å². The van der Waals surface area contributed by atoms with Crippen molar-refractivity contribution in [3.63, 3.8) is 0 Å². The lowest BCUT2D eigenvalue weighted by Gasteiger charge is -2.12. The van der Waals surface area contributed by atoms with Gasteiger partial charge in [0.25, 0.3) is 0 Å². The zero-order valence-corrected chi connectivity index (χ0v) is 16.6. The summed E-state index contributed by atoms with van der Waals surface area (Å²) in [4.78, 5) is 24.3. The van der Waals surface area contributed by atoms with Crippen LogP contribution < -0.4 is 0 Å². The van der Waals surface area contributed by atoms with E-state index in [-0.39, 0.29) is 27.8 Å². The fourth-order valence-corrected chi connectivity index (χ4v) is 3.60. The van der Waals surface area contributed by atoms with Crippen LogP contribution in [0.5, 0.6) is 0 Å². The van der Waals surface area contributed by atoms with Crippen LogP contribution in [0.25, 0.3) is 16.6 Å². The summed E-state index contributed by atoms with van der Waals surface area (Å²) in [6.07, 6.45) is -4.84. The minimum Gasteiger partial charge on any atom is -0.478 e. The van der Waals surface area contributed by atoms with E-state index in [1.165, 1.54) is 12.1 Å². The van der Waals surface area contributed by atoms with E-state index in [2.05, 4.69) is 5.10 Å². The lowest BCUT2D eigenvalue weighted by molar-refractivity contribution is -0.137. The molecule has 5 nitrogen and oxygen atoms in total. The van der Waals surface area contributed by atoms with Gasteiger partial charge in [0.15, 0.2) is 0 Å². The predicted octanol–water partition coefficient (Wildman–Crippen LogP) is 5.77. The molecule has 0 atom stereocenters. The Morgan fingerprint density at radius 3 is 2.38 bits per heavy atom. The predicted molar refractivity (Wildman–Crippen MR) is 108 cm³/mol. The number of fused-ring (bicyclic) bond motifs is 1. The second-order valence-corrected chi connectivity index (χ2v) is 7.15. The Hall–Kier alpha value is -3.72. The Balaban J connectivity index is 1.95. The first-order valence-electron chi connectivity index (χ1n) is 9.01. The van der Waals surface area contributed by atoms with Crippen LogP contribution in [0.2, 0.25) is 5.02 Å². The summed E-state index contributed by atoms with van der Waals surface area (Å²) < 4.78 is 56.2. The number of aromatic carboxylic acids is 1. The molecular formula is C22H11ClF4N2O3. The van der Waals surface area contributed by atoms with Gasteiger partial charge in [-0.1, -0.05) is 35.9 Å². The summed E-state index contributed by atoms with van der Waals surface area (Å²) in [6, 6.07) is 12.2. The van der Waals surface area contributed by atoms with Gasteiger partial charge in [-0.25, -0.2) is 13.9 Å². The van der Waals surface area contributed by atoms with Crippen molar-refractivity contribution in [1.29, 1.82) is 0 Å². The number of rotatable bonds is 4. The molecule has 0 radical (unpaired) electrons. The van der Waals surface area contributed by atoms with Crippen molar-refractivity contribution < 1.29 is 32.3 Å². The van der Waals surface area contributed by atoms with Gasteiger partial charge in [-0.2, -0.15) is 18.3 Å². The van der Waals surface area contributed by atoms with E-state index in [1.54, 1.807) is 12.1 Å². The SMILES string of the molecule is O=C(O)c1ccc(-n2nc(C(=O)c3c(Cl)cccc3C(F)(F)F)c3ccccc32)c(F)c1. The lowest BCUT2D eigenvalue weighted by Crippen LogP contribution is -2.15. The Morgan fingerprint density at radius 2 is 1.72 bits per heavy atom. The van der Waals surface area contributed by atoms with E-state index in [4.69, 9.17) is 16.7 Å². The van der Waals surface area contributed by atoms with Crippen molar-refractivity contribution in [2.24, 2.45) is 0 Å². The van der Waals surface area contributed by atoms with Gasteiger partial charge < -0.3 is 5.11 Å². The molecule has 0 aliphatic heterocycles. The molecule has 0 bridgehead atoms. The monoisotopic (exact) mass is 462 g/mol. The Labute approximate surface area is 182 Å². The maximum Gasteiger partial charge on any atom is 0.417 e. The average Bonchev–Trinajstić information content (AvgIpc) is 3.12. The number of carboxylic acid groups (broad SMARTS) is 1. The molecule has 0 amide bonds. The Morgan fingerprint density at radius 1 is 1.00 bits per heavy atom. The standard InChI is InChI=1S/C22H11ClF4N2O3/c23-14-6-3-5-13(22(25,26)27)18(14)20(30)19-12-4-1-2-7-16(12)29(28-19)17-9-8-11(21(31)32)10-15(17)24/h1-10H,(H,31,32). The summed E-state index contributed by atoms with van der Waals surface area (Å²) in [5, 5.41) is 12.9. The van der Waals surface area contributed by atoms with Crippen LogP contribution in [0.4, 0.5) is 17.6 Å². The number of para-hydroxylation sites is 1. The van der Waals surface area contributed by atoms with Crippen molar-refractivity contribution in [2.75, 3.05) is 0 Å². The highest BCUT2D eigenvalue weighted by Crippen LogP contribution is 2.37. The van der Waals surface area contributed by atoms with Gasteiger partial charge in [0.1, 0.15) is 17.2 Å². The summed E-state index contributed by atoms with van der Waals surface area (Å²) >= 11 is 5.96. The number of carbonyl (C=O) groups is 2. The molecular weight excluding hydrogens is 452 g/mol. The molecule has 1 N–H and O–H groups in total. The fraction of sp³-hybridized carbons (Fsp3) is 0.0455. The molecule has 0 unspecified atom stereocenters. The van der Waals surface area contributed by atoms with Crippen molar-refractivity contribution in [1.82, 2.24) is 9.78 Å². The first-order chi connectivity index (χ1) is 15.1. The molecule has 0 fully saturated rings. The van der Waals surface area contributed by atoms with Crippen LogP contribution >= 0.6 is 11.6 Å². The molecule has 0 spiro atoms. The number of ketones is 1. The van der Waals surface area contributed by atoms with E-state index < -0.39 is 39.9 Å². The van der Waals surface area contributed by atoms with Crippen LogP contribution in [-0.4, -0.2) is 26.6 Å². The van der Waals surface area contributed by atoms with Gasteiger partial charge in [-0.3, -0.25) is 4.79 Å². The number of hydrogen-bond acceptors (Lipinski definition) is 3. The van der Waals surface area contributed by atoms with E-state index in [1.807, 2.05) is 0 Å². The molecule has 0 saturated heterocycles. The number of aromatic nitrogens is 2. The highest BCUT2D eigenvalue weighted by Gasteiger charge is 2.37. The first kappa shape index (κ1) is 21.5.